The molecule has 3 aromatic carbocycles. The van der Waals surface area contributed by atoms with Crippen molar-refractivity contribution >= 4 is 27.6 Å². The Kier molecular flexibility index (Phi) is 8.78. The van der Waals surface area contributed by atoms with Crippen molar-refractivity contribution < 1.29 is 23.1 Å². The predicted molar refractivity (Wildman–Crippen MR) is 131 cm³/mol. The second-order valence-corrected chi connectivity index (χ2v) is 9.30. The first-order chi connectivity index (χ1) is 16.3. The van der Waals surface area contributed by atoms with Crippen molar-refractivity contribution in [1.29, 1.82) is 0 Å². The van der Waals surface area contributed by atoms with Crippen LogP contribution in [0, 0.1) is 0 Å². The van der Waals surface area contributed by atoms with E-state index in [4.69, 9.17) is 0 Å². The van der Waals surface area contributed by atoms with Gasteiger partial charge < -0.3 is 15.7 Å². The highest BCUT2D eigenvalue weighted by atomic mass is 32.2. The third kappa shape index (κ3) is 7.43. The average molecular weight is 482 g/mol. The highest BCUT2D eigenvalue weighted by Gasteiger charge is 2.26. The predicted octanol–water partition coefficient (Wildman–Crippen LogP) is 3.09. The summed E-state index contributed by atoms with van der Waals surface area (Å²) in [6.07, 6.45) is -0.299. The van der Waals surface area contributed by atoms with Crippen LogP contribution in [0.4, 0.5) is 5.69 Å². The van der Waals surface area contributed by atoms with Gasteiger partial charge in [0, 0.05) is 25.2 Å². The first-order valence-corrected chi connectivity index (χ1v) is 12.3. The Hall–Kier alpha value is -3.69. The summed E-state index contributed by atoms with van der Waals surface area (Å²) in [5.74, 6) is -1.70. The van der Waals surface area contributed by atoms with Crippen LogP contribution < -0.4 is 15.4 Å². The summed E-state index contributed by atoms with van der Waals surface area (Å²) in [7, 11) is -4.08. The van der Waals surface area contributed by atoms with Crippen LogP contribution in [0.2, 0.25) is 0 Å². The Balaban J connectivity index is 1.50. The second kappa shape index (κ2) is 12.0. The van der Waals surface area contributed by atoms with E-state index in [1.54, 1.807) is 12.1 Å². The SMILES string of the molecule is O=C(CC[C@H](NS(=O)(=O)c1ccc(-c2ccccc2)cc1)C(=O)O)NCCNc1ccccc1. The Labute approximate surface area is 199 Å². The highest BCUT2D eigenvalue weighted by molar-refractivity contribution is 7.89. The van der Waals surface area contributed by atoms with Crippen molar-refractivity contribution in [3.05, 3.63) is 84.9 Å². The molecular formula is C25H27N3O5S. The maximum Gasteiger partial charge on any atom is 0.321 e. The van der Waals surface area contributed by atoms with Crippen LogP contribution in [0.1, 0.15) is 12.8 Å². The normalized spacial score (nSPS) is 12.0. The lowest BCUT2D eigenvalue weighted by molar-refractivity contribution is -0.139. The Morgan fingerprint density at radius 2 is 1.38 bits per heavy atom. The van der Waals surface area contributed by atoms with Crippen molar-refractivity contribution in [2.24, 2.45) is 0 Å². The number of nitrogens with one attached hydrogen (secondary N) is 3. The number of para-hydroxylation sites is 1. The molecule has 0 heterocycles. The standard InChI is InChI=1S/C25H27N3O5S/c29-24(27-18-17-26-21-9-5-2-6-10-21)16-15-23(25(30)31)28-34(32,33)22-13-11-20(12-14-22)19-7-3-1-4-8-19/h1-14,23,26,28H,15-18H2,(H,27,29)(H,30,31)/t23-/m0/s1. The fourth-order valence-corrected chi connectivity index (χ4v) is 4.50. The van der Waals surface area contributed by atoms with Gasteiger partial charge in [0.05, 0.1) is 4.90 Å². The molecule has 1 atom stereocenters. The molecule has 8 nitrogen and oxygen atoms in total. The molecule has 0 radical (unpaired) electrons. The van der Waals surface area contributed by atoms with Crippen molar-refractivity contribution in [1.82, 2.24) is 10.0 Å². The van der Waals surface area contributed by atoms with E-state index in [1.807, 2.05) is 60.7 Å². The van der Waals surface area contributed by atoms with Crippen LogP contribution in [0.5, 0.6) is 0 Å². The van der Waals surface area contributed by atoms with Gasteiger partial charge in [0.15, 0.2) is 0 Å². The smallest absolute Gasteiger partial charge is 0.321 e. The van der Waals surface area contributed by atoms with Crippen LogP contribution >= 0.6 is 0 Å². The van der Waals surface area contributed by atoms with Gasteiger partial charge in [-0.15, -0.1) is 0 Å². The minimum absolute atomic E-state index is 0.0464. The van der Waals surface area contributed by atoms with Crippen LogP contribution in [-0.2, 0) is 19.6 Å². The zero-order valence-corrected chi connectivity index (χ0v) is 19.3. The molecule has 3 aromatic rings. The summed E-state index contributed by atoms with van der Waals surface area (Å²) in [5, 5.41) is 15.3. The van der Waals surface area contributed by atoms with E-state index in [-0.39, 0.29) is 23.6 Å². The van der Waals surface area contributed by atoms with E-state index in [2.05, 4.69) is 15.4 Å². The molecule has 0 spiro atoms. The average Bonchev–Trinajstić information content (AvgIpc) is 2.85. The lowest BCUT2D eigenvalue weighted by Crippen LogP contribution is -2.41. The topological polar surface area (TPSA) is 125 Å². The monoisotopic (exact) mass is 481 g/mol. The van der Waals surface area contributed by atoms with E-state index in [9.17, 15) is 23.1 Å². The Morgan fingerprint density at radius 3 is 2.00 bits per heavy atom. The van der Waals surface area contributed by atoms with Crippen molar-refractivity contribution in [2.45, 2.75) is 23.8 Å². The molecule has 3 rings (SSSR count). The molecule has 0 saturated carbocycles. The first kappa shape index (κ1) is 24.9. The van der Waals surface area contributed by atoms with Crippen LogP contribution in [0.3, 0.4) is 0 Å². The molecule has 0 bridgehead atoms. The van der Waals surface area contributed by atoms with Gasteiger partial charge in [-0.2, -0.15) is 4.72 Å². The van der Waals surface area contributed by atoms with E-state index in [1.165, 1.54) is 12.1 Å². The van der Waals surface area contributed by atoms with E-state index < -0.39 is 22.0 Å². The van der Waals surface area contributed by atoms with E-state index in [0.29, 0.717) is 13.1 Å². The zero-order valence-electron chi connectivity index (χ0n) is 18.5. The molecule has 0 aliphatic rings. The number of amides is 1. The number of rotatable bonds is 12. The number of anilines is 1. The number of benzene rings is 3. The second-order valence-electron chi connectivity index (χ2n) is 7.58. The van der Waals surface area contributed by atoms with Gasteiger partial charge >= 0.3 is 5.97 Å². The molecule has 34 heavy (non-hydrogen) atoms. The van der Waals surface area contributed by atoms with Gasteiger partial charge in [-0.3, -0.25) is 9.59 Å². The molecule has 1 amide bonds. The largest absolute Gasteiger partial charge is 0.480 e. The highest BCUT2D eigenvalue weighted by Crippen LogP contribution is 2.21. The minimum atomic E-state index is -4.08. The number of carboxylic acid groups (broad SMARTS) is 1. The summed E-state index contributed by atoms with van der Waals surface area (Å²) >= 11 is 0. The molecular weight excluding hydrogens is 454 g/mol. The van der Waals surface area contributed by atoms with Gasteiger partial charge in [0.2, 0.25) is 15.9 Å². The molecule has 0 fully saturated rings. The molecule has 0 aromatic heterocycles. The zero-order chi connectivity index (χ0) is 24.4. The number of aliphatic carboxylic acids is 1. The molecule has 4 N–H and O–H groups in total. The van der Waals surface area contributed by atoms with Crippen molar-refractivity contribution in [3.8, 4) is 11.1 Å². The summed E-state index contributed by atoms with van der Waals surface area (Å²) in [5.41, 5.74) is 2.70. The first-order valence-electron chi connectivity index (χ1n) is 10.8. The quantitative estimate of drug-likeness (QED) is 0.295. The fourth-order valence-electron chi connectivity index (χ4n) is 3.27. The van der Waals surface area contributed by atoms with Gasteiger partial charge in [0.25, 0.3) is 0 Å². The molecule has 178 valence electrons. The maximum atomic E-state index is 12.7. The molecule has 0 unspecified atom stereocenters. The lowest BCUT2D eigenvalue weighted by Gasteiger charge is -2.15. The summed E-state index contributed by atoms with van der Waals surface area (Å²) in [6.45, 7) is 0.856. The molecule has 9 heteroatoms. The van der Waals surface area contributed by atoms with E-state index in [0.717, 1.165) is 16.8 Å². The lowest BCUT2D eigenvalue weighted by atomic mass is 10.1. The number of carboxylic acids is 1. The number of carbonyl (C=O) groups is 2. The van der Waals surface area contributed by atoms with Crippen LogP contribution in [0.25, 0.3) is 11.1 Å². The Bertz CT molecular complexity index is 1180. The van der Waals surface area contributed by atoms with Gasteiger partial charge in [-0.05, 0) is 41.8 Å². The van der Waals surface area contributed by atoms with Gasteiger partial charge in [0.1, 0.15) is 6.04 Å². The van der Waals surface area contributed by atoms with Crippen LogP contribution in [0.15, 0.2) is 89.8 Å². The number of hydrogen-bond donors (Lipinski definition) is 4. The molecule has 0 saturated heterocycles. The van der Waals surface area contributed by atoms with Crippen molar-refractivity contribution in [3.63, 3.8) is 0 Å². The maximum absolute atomic E-state index is 12.7. The third-order valence-electron chi connectivity index (χ3n) is 5.08. The van der Waals surface area contributed by atoms with Crippen molar-refractivity contribution in [2.75, 3.05) is 18.4 Å². The van der Waals surface area contributed by atoms with E-state index >= 15 is 0 Å². The summed E-state index contributed by atoms with van der Waals surface area (Å²) in [6, 6.07) is 23.7. The number of hydrogen-bond acceptors (Lipinski definition) is 5. The fraction of sp³-hybridized carbons (Fsp3) is 0.200. The third-order valence-corrected chi connectivity index (χ3v) is 6.56. The molecule has 0 aliphatic heterocycles. The van der Waals surface area contributed by atoms with Gasteiger partial charge in [-0.1, -0.05) is 60.7 Å². The minimum Gasteiger partial charge on any atom is -0.480 e. The van der Waals surface area contributed by atoms with Gasteiger partial charge in [-0.25, -0.2) is 8.42 Å². The molecule has 0 aliphatic carbocycles. The summed E-state index contributed by atoms with van der Waals surface area (Å²) < 4.78 is 27.6. The number of sulfonamides is 1. The van der Waals surface area contributed by atoms with Crippen LogP contribution in [-0.4, -0.2) is 44.5 Å². The summed E-state index contributed by atoms with van der Waals surface area (Å²) in [4.78, 5) is 23.6. The number of carbonyl (C=O) groups excluding carboxylic acids is 1. The Morgan fingerprint density at radius 1 is 0.794 bits per heavy atom.